The van der Waals surface area contributed by atoms with E-state index in [1.807, 2.05) is 23.1 Å². The summed E-state index contributed by atoms with van der Waals surface area (Å²) in [6, 6.07) is 12.3. The standard InChI is InChI=1S/C26H34ClN5O5S/c1-18(2)38(35,36)24-7-5-4-6-21(24)29-25-20(27)17-28-26(31-25)30-22-16-19(8-9-23(22)37-3)10-11-32(12-14-33)13-15-34/h4-9,16-18,33-34H,10-15H2,1-3H3,(H2,28,29,30,31). The maximum atomic E-state index is 12.8. The molecule has 3 rings (SSSR count). The molecule has 0 aliphatic carbocycles. The van der Waals surface area contributed by atoms with Gasteiger partial charge in [-0.25, -0.2) is 13.4 Å². The number of benzene rings is 2. The van der Waals surface area contributed by atoms with Gasteiger partial charge in [0.25, 0.3) is 0 Å². The molecule has 0 amide bonds. The minimum atomic E-state index is -3.54. The second-order valence-electron chi connectivity index (χ2n) is 8.80. The molecule has 0 fully saturated rings. The van der Waals surface area contributed by atoms with E-state index in [2.05, 4.69) is 20.6 Å². The number of ether oxygens (including phenoxy) is 1. The molecule has 206 valence electrons. The van der Waals surface area contributed by atoms with E-state index in [9.17, 15) is 18.6 Å². The van der Waals surface area contributed by atoms with Crippen LogP contribution in [0.3, 0.4) is 0 Å². The zero-order valence-corrected chi connectivity index (χ0v) is 23.3. The number of hydrogen-bond donors (Lipinski definition) is 4. The van der Waals surface area contributed by atoms with E-state index < -0.39 is 15.1 Å². The molecule has 0 bridgehead atoms. The van der Waals surface area contributed by atoms with Crippen LogP contribution in [-0.4, -0.2) is 78.7 Å². The summed E-state index contributed by atoms with van der Waals surface area (Å²) in [6.45, 7) is 4.93. The number of sulfone groups is 1. The first-order valence-corrected chi connectivity index (χ1v) is 14.1. The minimum absolute atomic E-state index is 0.0214. The number of aliphatic hydroxyl groups is 2. The first-order chi connectivity index (χ1) is 18.2. The smallest absolute Gasteiger partial charge is 0.229 e. The molecule has 10 nitrogen and oxygen atoms in total. The Morgan fingerprint density at radius 1 is 1.03 bits per heavy atom. The summed E-state index contributed by atoms with van der Waals surface area (Å²) in [5.41, 5.74) is 2.01. The topological polar surface area (TPSA) is 137 Å². The first-order valence-electron chi connectivity index (χ1n) is 12.2. The number of hydrogen-bond acceptors (Lipinski definition) is 10. The second-order valence-corrected chi connectivity index (χ2v) is 11.7. The molecular weight excluding hydrogens is 530 g/mol. The van der Waals surface area contributed by atoms with E-state index in [1.54, 1.807) is 45.2 Å². The van der Waals surface area contributed by atoms with Crippen LogP contribution in [0.5, 0.6) is 5.75 Å². The molecule has 12 heteroatoms. The molecule has 0 radical (unpaired) electrons. The number of halogens is 1. The highest BCUT2D eigenvalue weighted by Crippen LogP contribution is 2.32. The molecule has 0 aliphatic rings. The fourth-order valence-electron chi connectivity index (χ4n) is 3.75. The Bertz CT molecular complexity index is 1320. The molecule has 3 aromatic rings. The van der Waals surface area contributed by atoms with Gasteiger partial charge >= 0.3 is 0 Å². The van der Waals surface area contributed by atoms with Gasteiger partial charge in [-0.2, -0.15) is 4.98 Å². The SMILES string of the molecule is COc1ccc(CCN(CCO)CCO)cc1Nc1ncc(Cl)c(Nc2ccccc2S(=O)(=O)C(C)C)n1. The molecule has 0 saturated carbocycles. The summed E-state index contributed by atoms with van der Waals surface area (Å²) in [7, 11) is -1.98. The third-order valence-corrected chi connectivity index (χ3v) is 8.36. The molecule has 0 unspecified atom stereocenters. The van der Waals surface area contributed by atoms with Crippen LogP contribution >= 0.6 is 11.6 Å². The van der Waals surface area contributed by atoms with E-state index in [-0.39, 0.29) is 34.9 Å². The number of aliphatic hydroxyl groups excluding tert-OH is 2. The van der Waals surface area contributed by atoms with Crippen molar-refractivity contribution in [2.24, 2.45) is 0 Å². The molecule has 1 heterocycles. The Morgan fingerprint density at radius 2 is 1.74 bits per heavy atom. The van der Waals surface area contributed by atoms with Gasteiger partial charge in [-0.3, -0.25) is 4.90 Å². The first kappa shape index (κ1) is 29.6. The third kappa shape index (κ3) is 7.55. The third-order valence-electron chi connectivity index (χ3n) is 5.87. The van der Waals surface area contributed by atoms with Crippen LogP contribution in [0.15, 0.2) is 53.6 Å². The number of aromatic nitrogens is 2. The lowest BCUT2D eigenvalue weighted by Gasteiger charge is -2.20. The summed E-state index contributed by atoms with van der Waals surface area (Å²) >= 11 is 6.35. The quantitative estimate of drug-likeness (QED) is 0.230. The Kier molecular flexibility index (Phi) is 10.7. The predicted octanol–water partition coefficient (Wildman–Crippen LogP) is 3.64. The normalized spacial score (nSPS) is 11.7. The zero-order chi connectivity index (χ0) is 27.7. The van der Waals surface area contributed by atoms with Crippen molar-refractivity contribution in [2.45, 2.75) is 30.4 Å². The molecule has 38 heavy (non-hydrogen) atoms. The number of nitrogens with one attached hydrogen (secondary N) is 2. The monoisotopic (exact) mass is 563 g/mol. The Labute approximate surface area is 228 Å². The summed E-state index contributed by atoms with van der Waals surface area (Å²) in [6.07, 6.45) is 2.12. The second kappa shape index (κ2) is 13.7. The van der Waals surface area contributed by atoms with Crippen LogP contribution in [0.25, 0.3) is 0 Å². The summed E-state index contributed by atoms with van der Waals surface area (Å²) < 4.78 is 31.2. The average Bonchev–Trinajstić information content (AvgIpc) is 2.89. The van der Waals surface area contributed by atoms with Gasteiger partial charge in [-0.05, 0) is 50.1 Å². The van der Waals surface area contributed by atoms with Crippen LogP contribution in [0.2, 0.25) is 5.02 Å². The highest BCUT2D eigenvalue weighted by molar-refractivity contribution is 7.92. The van der Waals surface area contributed by atoms with E-state index in [0.717, 1.165) is 5.56 Å². The largest absolute Gasteiger partial charge is 0.495 e. The molecule has 0 atom stereocenters. The van der Waals surface area contributed by atoms with Crippen LogP contribution in [-0.2, 0) is 16.3 Å². The maximum absolute atomic E-state index is 12.8. The fraction of sp³-hybridized carbons (Fsp3) is 0.385. The van der Waals surface area contributed by atoms with Crippen molar-refractivity contribution in [2.75, 3.05) is 50.6 Å². The predicted molar refractivity (Wildman–Crippen MR) is 150 cm³/mol. The minimum Gasteiger partial charge on any atom is -0.495 e. The zero-order valence-electron chi connectivity index (χ0n) is 21.7. The van der Waals surface area contributed by atoms with Gasteiger partial charge in [-0.1, -0.05) is 29.8 Å². The van der Waals surface area contributed by atoms with Crippen LogP contribution in [0, 0.1) is 0 Å². The van der Waals surface area contributed by atoms with E-state index in [4.69, 9.17) is 16.3 Å². The van der Waals surface area contributed by atoms with Gasteiger partial charge < -0.3 is 25.6 Å². The van der Waals surface area contributed by atoms with Crippen LogP contribution in [0.1, 0.15) is 19.4 Å². The van der Waals surface area contributed by atoms with E-state index in [0.29, 0.717) is 43.2 Å². The van der Waals surface area contributed by atoms with Crippen LogP contribution in [0.4, 0.5) is 23.1 Å². The lowest BCUT2D eigenvalue weighted by molar-refractivity contribution is 0.162. The summed E-state index contributed by atoms with van der Waals surface area (Å²) in [5, 5.41) is 24.3. The van der Waals surface area contributed by atoms with Crippen molar-refractivity contribution >= 4 is 44.6 Å². The molecule has 1 aromatic heterocycles. The molecule has 0 spiro atoms. The number of nitrogens with zero attached hydrogens (tertiary/aromatic N) is 3. The van der Waals surface area contributed by atoms with Crippen molar-refractivity contribution in [3.63, 3.8) is 0 Å². The summed E-state index contributed by atoms with van der Waals surface area (Å²) in [5.74, 6) is 1.06. The van der Waals surface area contributed by atoms with E-state index >= 15 is 0 Å². The van der Waals surface area contributed by atoms with Gasteiger partial charge in [0.1, 0.15) is 10.8 Å². The van der Waals surface area contributed by atoms with E-state index in [1.165, 1.54) is 6.20 Å². The lowest BCUT2D eigenvalue weighted by Crippen LogP contribution is -2.31. The highest BCUT2D eigenvalue weighted by atomic mass is 35.5. The van der Waals surface area contributed by atoms with Gasteiger partial charge in [0.05, 0.1) is 48.0 Å². The van der Waals surface area contributed by atoms with Crippen LogP contribution < -0.4 is 15.4 Å². The molecule has 0 saturated heterocycles. The summed E-state index contributed by atoms with van der Waals surface area (Å²) in [4.78, 5) is 10.9. The Balaban J connectivity index is 1.85. The van der Waals surface area contributed by atoms with Gasteiger partial charge in [0, 0.05) is 19.6 Å². The highest BCUT2D eigenvalue weighted by Gasteiger charge is 2.23. The Hall–Kier alpha value is -2.96. The van der Waals surface area contributed by atoms with Crippen molar-refractivity contribution in [3.8, 4) is 5.75 Å². The Morgan fingerprint density at radius 3 is 2.39 bits per heavy atom. The number of methoxy groups -OCH3 is 1. The van der Waals surface area contributed by atoms with Gasteiger partial charge in [-0.15, -0.1) is 0 Å². The van der Waals surface area contributed by atoms with Gasteiger partial charge in [0.15, 0.2) is 15.7 Å². The average molecular weight is 564 g/mol. The van der Waals surface area contributed by atoms with Crippen molar-refractivity contribution in [1.82, 2.24) is 14.9 Å². The number of rotatable bonds is 14. The lowest BCUT2D eigenvalue weighted by atomic mass is 10.1. The van der Waals surface area contributed by atoms with Crippen molar-refractivity contribution in [3.05, 3.63) is 59.2 Å². The van der Waals surface area contributed by atoms with Crippen molar-refractivity contribution in [1.29, 1.82) is 0 Å². The fourth-order valence-corrected chi connectivity index (χ4v) is 5.09. The molecular formula is C26H34ClN5O5S. The number of anilines is 4. The van der Waals surface area contributed by atoms with Gasteiger partial charge in [0.2, 0.25) is 5.95 Å². The molecule has 4 N–H and O–H groups in total. The molecule has 0 aliphatic heterocycles. The number of para-hydroxylation sites is 1. The maximum Gasteiger partial charge on any atom is 0.229 e. The van der Waals surface area contributed by atoms with Crippen molar-refractivity contribution < 1.29 is 23.4 Å². The molecule has 2 aromatic carbocycles.